The van der Waals surface area contributed by atoms with E-state index in [2.05, 4.69) is 10.4 Å². The molecule has 158 valence electrons. The summed E-state index contributed by atoms with van der Waals surface area (Å²) < 4.78 is 5.66. The van der Waals surface area contributed by atoms with Gasteiger partial charge in [-0.2, -0.15) is 0 Å². The highest BCUT2D eigenvalue weighted by Crippen LogP contribution is 2.37. The Labute approximate surface area is 180 Å². The second-order valence-electron chi connectivity index (χ2n) is 7.52. The topological polar surface area (TPSA) is 106 Å². The number of hydrogen-bond acceptors (Lipinski definition) is 7. The van der Waals surface area contributed by atoms with E-state index in [1.54, 1.807) is 6.92 Å². The number of ether oxygens (including phenoxy) is 1. The van der Waals surface area contributed by atoms with Gasteiger partial charge in [-0.25, -0.2) is 21.5 Å². The maximum atomic E-state index is 13.2. The quantitative estimate of drug-likeness (QED) is 0.343. The summed E-state index contributed by atoms with van der Waals surface area (Å²) >= 11 is 0. The molecule has 4 rings (SSSR count). The van der Waals surface area contributed by atoms with Crippen molar-refractivity contribution < 1.29 is 9.53 Å². The van der Waals surface area contributed by atoms with Gasteiger partial charge in [-0.3, -0.25) is 10.4 Å². The van der Waals surface area contributed by atoms with E-state index in [1.807, 2.05) is 73.7 Å². The summed E-state index contributed by atoms with van der Waals surface area (Å²) in [6.45, 7) is 3.93. The first-order valence-electron chi connectivity index (χ1n) is 10.00. The Kier molecular flexibility index (Phi) is 5.70. The van der Waals surface area contributed by atoms with Crippen molar-refractivity contribution in [3.05, 3.63) is 94.7 Å². The summed E-state index contributed by atoms with van der Waals surface area (Å²) in [4.78, 5) is 17.6. The summed E-state index contributed by atoms with van der Waals surface area (Å²) in [6.07, 6.45) is 0. The van der Waals surface area contributed by atoms with Crippen molar-refractivity contribution in [3.63, 3.8) is 0 Å². The van der Waals surface area contributed by atoms with E-state index in [4.69, 9.17) is 16.4 Å². The number of nitrogens with zero attached hydrogens (tertiary/aromatic N) is 2. The van der Waals surface area contributed by atoms with Gasteiger partial charge < -0.3 is 4.74 Å². The third-order valence-corrected chi connectivity index (χ3v) is 5.42. The number of nitrogens with one attached hydrogen (secondary N) is 1. The zero-order valence-corrected chi connectivity index (χ0v) is 17.5. The van der Waals surface area contributed by atoms with E-state index in [9.17, 15) is 4.79 Å². The molecule has 0 saturated heterocycles. The van der Waals surface area contributed by atoms with Gasteiger partial charge in [0.15, 0.2) is 0 Å². The molecule has 0 saturated carbocycles. The lowest BCUT2D eigenvalue weighted by atomic mass is 9.91. The Morgan fingerprint density at radius 2 is 1.77 bits per heavy atom. The van der Waals surface area contributed by atoms with Crippen LogP contribution in [0.1, 0.15) is 29.7 Å². The second-order valence-corrected chi connectivity index (χ2v) is 7.52. The molecule has 3 aromatic carbocycles. The number of carbonyl (C=O) groups is 1. The molecule has 1 unspecified atom stereocenters. The van der Waals surface area contributed by atoms with Crippen LogP contribution in [0.3, 0.4) is 0 Å². The summed E-state index contributed by atoms with van der Waals surface area (Å²) in [5.41, 5.74) is 6.32. The van der Waals surface area contributed by atoms with Crippen molar-refractivity contribution in [1.82, 2.24) is 10.4 Å². The lowest BCUT2D eigenvalue weighted by Gasteiger charge is -2.35. The van der Waals surface area contributed by atoms with E-state index in [1.165, 1.54) is 5.01 Å². The monoisotopic (exact) mass is 415 g/mol. The van der Waals surface area contributed by atoms with Crippen LogP contribution in [0.5, 0.6) is 0 Å². The van der Waals surface area contributed by atoms with Gasteiger partial charge >= 0.3 is 5.97 Å². The highest BCUT2D eigenvalue weighted by Gasteiger charge is 2.36. The van der Waals surface area contributed by atoms with Gasteiger partial charge in [-0.15, -0.1) is 0 Å². The average molecular weight is 415 g/mol. The minimum Gasteiger partial charge on any atom is -0.457 e. The zero-order valence-electron chi connectivity index (χ0n) is 17.5. The van der Waals surface area contributed by atoms with Crippen LogP contribution in [-0.2, 0) is 16.1 Å². The van der Waals surface area contributed by atoms with Crippen LogP contribution in [-0.4, -0.2) is 16.9 Å². The van der Waals surface area contributed by atoms with Crippen LogP contribution in [0.4, 0.5) is 0 Å². The fourth-order valence-corrected chi connectivity index (χ4v) is 3.81. The van der Waals surface area contributed by atoms with E-state index in [0.29, 0.717) is 11.3 Å². The number of carbonyl (C=O) groups excluding carboxylic acids is 1. The molecular weight excluding hydrogens is 390 g/mol. The molecule has 1 aliphatic heterocycles. The number of aliphatic imine (C=N–C) groups is 1. The highest BCUT2D eigenvalue weighted by molar-refractivity contribution is 5.97. The van der Waals surface area contributed by atoms with Crippen molar-refractivity contribution in [1.29, 1.82) is 0 Å². The molecular formula is C24H25N5O2. The maximum absolute atomic E-state index is 13.2. The number of esters is 1. The van der Waals surface area contributed by atoms with Crippen molar-refractivity contribution in [2.24, 2.45) is 16.7 Å². The number of guanidine groups is 1. The highest BCUT2D eigenvalue weighted by atomic mass is 16.5. The van der Waals surface area contributed by atoms with E-state index < -0.39 is 12.0 Å². The number of fused-ring (bicyclic) bond motifs is 1. The number of nitrogens with two attached hydrogens (primary N) is 2. The minimum absolute atomic E-state index is 0.161. The van der Waals surface area contributed by atoms with Crippen molar-refractivity contribution in [3.8, 4) is 0 Å². The Morgan fingerprint density at radius 1 is 1.06 bits per heavy atom. The van der Waals surface area contributed by atoms with Crippen molar-refractivity contribution in [2.75, 3.05) is 0 Å². The van der Waals surface area contributed by atoms with Gasteiger partial charge in [0.2, 0.25) is 5.96 Å². The molecule has 1 heterocycles. The van der Waals surface area contributed by atoms with Crippen molar-refractivity contribution in [2.45, 2.75) is 26.5 Å². The first-order valence-corrected chi connectivity index (χ1v) is 10.00. The smallest absolute Gasteiger partial charge is 0.338 e. The van der Waals surface area contributed by atoms with Gasteiger partial charge in [0.05, 0.1) is 11.3 Å². The molecule has 0 aliphatic carbocycles. The summed E-state index contributed by atoms with van der Waals surface area (Å²) in [5.74, 6) is 11.8. The molecule has 5 N–H and O–H groups in total. The molecule has 1 atom stereocenters. The molecule has 0 aromatic heterocycles. The van der Waals surface area contributed by atoms with E-state index in [0.717, 1.165) is 27.5 Å². The molecule has 1 aliphatic rings. The van der Waals surface area contributed by atoms with Gasteiger partial charge in [-0.05, 0) is 35.7 Å². The van der Waals surface area contributed by atoms with Gasteiger partial charge in [0, 0.05) is 0 Å². The van der Waals surface area contributed by atoms with Crippen LogP contribution in [0.25, 0.3) is 10.8 Å². The summed E-state index contributed by atoms with van der Waals surface area (Å²) in [6, 6.07) is 21.1. The van der Waals surface area contributed by atoms with Crippen LogP contribution in [0, 0.1) is 6.92 Å². The third kappa shape index (κ3) is 4.01. The number of hydrazine groups is 2. The number of rotatable bonds is 4. The number of aryl methyl sites for hydroxylation is 1. The average Bonchev–Trinajstić information content (AvgIpc) is 2.79. The molecule has 0 radical (unpaired) electrons. The summed E-state index contributed by atoms with van der Waals surface area (Å²) in [7, 11) is 0. The lowest BCUT2D eigenvalue weighted by molar-refractivity contribution is -0.141. The standard InChI is InChI=1S/C24H25N5O2/c1-15-10-12-17(13-11-15)14-31-23(30)21-16(2)27-24(28-25)29(26)22(21)20-9-5-7-18-6-3-4-8-19(18)20/h3-13,22H,14,25-26H2,1-2H3,(H,27,28). The predicted octanol–water partition coefficient (Wildman–Crippen LogP) is 3.22. The molecule has 0 fully saturated rings. The Hall–Kier alpha value is -3.68. The Morgan fingerprint density at radius 3 is 2.52 bits per heavy atom. The Balaban J connectivity index is 1.74. The largest absolute Gasteiger partial charge is 0.457 e. The molecule has 0 spiro atoms. The van der Waals surface area contributed by atoms with Gasteiger partial charge in [0.1, 0.15) is 12.6 Å². The maximum Gasteiger partial charge on any atom is 0.338 e. The molecule has 3 aromatic rings. The van der Waals surface area contributed by atoms with Crippen molar-refractivity contribution >= 4 is 22.7 Å². The number of allylic oxidation sites excluding steroid dienone is 1. The van der Waals surface area contributed by atoms with Gasteiger partial charge in [-0.1, -0.05) is 72.3 Å². The first kappa shape index (κ1) is 20.6. The SMILES string of the molecule is CC1=C(C(=O)OCc2ccc(C)cc2)C(c2cccc3ccccc23)N(N)C(NN)=N1. The van der Waals surface area contributed by atoms with Gasteiger partial charge in [0.25, 0.3) is 0 Å². The Bertz CT molecular complexity index is 1180. The van der Waals surface area contributed by atoms with E-state index >= 15 is 0 Å². The predicted molar refractivity (Wildman–Crippen MR) is 121 cm³/mol. The lowest BCUT2D eigenvalue weighted by Crippen LogP contribution is -2.53. The third-order valence-electron chi connectivity index (χ3n) is 5.42. The molecule has 0 bridgehead atoms. The minimum atomic E-state index is -0.611. The van der Waals surface area contributed by atoms with Crippen LogP contribution in [0.2, 0.25) is 0 Å². The molecule has 7 nitrogen and oxygen atoms in total. The normalized spacial score (nSPS) is 16.3. The summed E-state index contributed by atoms with van der Waals surface area (Å²) in [5, 5.41) is 3.40. The first-order chi connectivity index (χ1) is 15.0. The van der Waals surface area contributed by atoms with E-state index in [-0.39, 0.29) is 12.6 Å². The molecule has 0 amide bonds. The van der Waals surface area contributed by atoms with Crippen LogP contribution >= 0.6 is 0 Å². The second kappa shape index (κ2) is 8.59. The number of hydrogen-bond donors (Lipinski definition) is 3. The zero-order chi connectivity index (χ0) is 22.0. The number of benzene rings is 3. The van der Waals surface area contributed by atoms with Crippen LogP contribution in [0.15, 0.2) is 83.0 Å². The van der Waals surface area contributed by atoms with Crippen LogP contribution < -0.4 is 17.1 Å². The molecule has 7 heteroatoms. The fourth-order valence-electron chi connectivity index (χ4n) is 3.81. The fraction of sp³-hybridized carbons (Fsp3) is 0.167. The molecule has 31 heavy (non-hydrogen) atoms.